The zero-order chi connectivity index (χ0) is 12.1. The minimum absolute atomic E-state index is 0.250. The molecule has 1 aromatic rings. The van der Waals surface area contributed by atoms with Gasteiger partial charge in [-0.2, -0.15) is 0 Å². The second-order valence-electron chi connectivity index (χ2n) is 3.48. The van der Waals surface area contributed by atoms with Crippen LogP contribution in [-0.4, -0.2) is 19.0 Å². The van der Waals surface area contributed by atoms with Crippen LogP contribution in [0.2, 0.25) is 0 Å². The van der Waals surface area contributed by atoms with Gasteiger partial charge in [0.1, 0.15) is 6.10 Å². The lowest BCUT2D eigenvalue weighted by Crippen LogP contribution is -2.24. The van der Waals surface area contributed by atoms with Gasteiger partial charge in [-0.1, -0.05) is 19.4 Å². The van der Waals surface area contributed by atoms with Crippen molar-refractivity contribution in [3.63, 3.8) is 0 Å². The first kappa shape index (κ1) is 12.8. The summed E-state index contributed by atoms with van der Waals surface area (Å²) in [4.78, 5) is 11.8. The maximum atomic E-state index is 13.3. The van der Waals surface area contributed by atoms with Crippen LogP contribution in [0, 0.1) is 11.6 Å². The van der Waals surface area contributed by atoms with Crippen molar-refractivity contribution in [3.8, 4) is 0 Å². The summed E-state index contributed by atoms with van der Waals surface area (Å²) in [5.41, 5.74) is -0.250. The van der Waals surface area contributed by atoms with Gasteiger partial charge in [-0.25, -0.2) is 8.78 Å². The molecular weight excluding hydrogens is 214 g/mol. The van der Waals surface area contributed by atoms with E-state index in [0.717, 1.165) is 12.5 Å². The Morgan fingerprint density at radius 1 is 1.44 bits per heavy atom. The van der Waals surface area contributed by atoms with E-state index in [1.54, 1.807) is 0 Å². The third kappa shape index (κ3) is 2.64. The fraction of sp³-hybridized carbons (Fsp3) is 0.417. The van der Waals surface area contributed by atoms with E-state index in [9.17, 15) is 13.6 Å². The van der Waals surface area contributed by atoms with Crippen molar-refractivity contribution < 1.29 is 18.3 Å². The molecule has 0 fully saturated rings. The Hall–Kier alpha value is -1.29. The lowest BCUT2D eigenvalue weighted by atomic mass is 10.0. The molecule has 16 heavy (non-hydrogen) atoms. The Morgan fingerprint density at radius 3 is 2.69 bits per heavy atom. The maximum Gasteiger partial charge on any atom is 0.194 e. The molecule has 1 atom stereocenters. The van der Waals surface area contributed by atoms with Gasteiger partial charge in [-0.05, 0) is 18.6 Å². The van der Waals surface area contributed by atoms with E-state index in [1.165, 1.54) is 19.2 Å². The number of Topliss-reactive ketones (excluding diaryl/α,β-unsaturated/α-hetero) is 1. The minimum atomic E-state index is -1.11. The number of ketones is 1. The van der Waals surface area contributed by atoms with Gasteiger partial charge in [0, 0.05) is 7.11 Å². The molecule has 0 bridgehead atoms. The Labute approximate surface area is 93.2 Å². The Bertz CT molecular complexity index is 377. The van der Waals surface area contributed by atoms with E-state index < -0.39 is 23.5 Å². The van der Waals surface area contributed by atoms with Crippen molar-refractivity contribution in [1.82, 2.24) is 0 Å². The van der Waals surface area contributed by atoms with Gasteiger partial charge >= 0.3 is 0 Å². The number of ether oxygens (including phenoxy) is 1. The predicted octanol–water partition coefficient (Wildman–Crippen LogP) is 2.96. The maximum absolute atomic E-state index is 13.3. The molecule has 0 N–H and O–H groups in total. The van der Waals surface area contributed by atoms with E-state index in [0.29, 0.717) is 6.42 Å². The van der Waals surface area contributed by atoms with E-state index in [-0.39, 0.29) is 5.56 Å². The van der Waals surface area contributed by atoms with Crippen molar-refractivity contribution in [2.24, 2.45) is 0 Å². The standard InChI is InChI=1S/C12H14F2O2/c1-3-5-10(16-2)12(15)8-6-4-7-9(13)11(8)14/h4,6-7,10H,3,5H2,1-2H3. The average molecular weight is 228 g/mol. The molecule has 1 aromatic carbocycles. The number of rotatable bonds is 5. The summed E-state index contributed by atoms with van der Waals surface area (Å²) >= 11 is 0. The smallest absolute Gasteiger partial charge is 0.194 e. The second-order valence-corrected chi connectivity index (χ2v) is 3.48. The summed E-state index contributed by atoms with van der Waals surface area (Å²) in [5.74, 6) is -2.63. The summed E-state index contributed by atoms with van der Waals surface area (Å²) in [6.07, 6.45) is 0.522. The first-order valence-corrected chi connectivity index (χ1v) is 5.12. The fourth-order valence-corrected chi connectivity index (χ4v) is 1.49. The van der Waals surface area contributed by atoms with Crippen LogP contribution >= 0.6 is 0 Å². The van der Waals surface area contributed by atoms with E-state index >= 15 is 0 Å². The molecule has 0 aliphatic heterocycles. The van der Waals surface area contributed by atoms with E-state index in [4.69, 9.17) is 4.74 Å². The van der Waals surface area contributed by atoms with Gasteiger partial charge in [0.15, 0.2) is 17.4 Å². The first-order chi connectivity index (χ1) is 7.61. The van der Waals surface area contributed by atoms with Crippen LogP contribution in [0.1, 0.15) is 30.1 Å². The lowest BCUT2D eigenvalue weighted by Gasteiger charge is -2.13. The molecule has 0 spiro atoms. The van der Waals surface area contributed by atoms with Crippen molar-refractivity contribution in [2.75, 3.05) is 7.11 Å². The topological polar surface area (TPSA) is 26.3 Å². The highest BCUT2D eigenvalue weighted by Crippen LogP contribution is 2.16. The molecule has 4 heteroatoms. The van der Waals surface area contributed by atoms with Gasteiger partial charge < -0.3 is 4.74 Å². The van der Waals surface area contributed by atoms with Crippen LogP contribution in [0.3, 0.4) is 0 Å². The van der Waals surface area contributed by atoms with Crippen molar-refractivity contribution in [2.45, 2.75) is 25.9 Å². The zero-order valence-electron chi connectivity index (χ0n) is 9.30. The number of benzene rings is 1. The summed E-state index contributed by atoms with van der Waals surface area (Å²) in [7, 11) is 1.38. The molecule has 1 rings (SSSR count). The molecule has 0 aliphatic rings. The van der Waals surface area contributed by atoms with Crippen LogP contribution in [0.5, 0.6) is 0 Å². The van der Waals surface area contributed by atoms with E-state index in [2.05, 4.69) is 0 Å². The summed E-state index contributed by atoms with van der Waals surface area (Å²) in [5, 5.41) is 0. The van der Waals surface area contributed by atoms with Crippen LogP contribution in [0.25, 0.3) is 0 Å². The number of halogens is 2. The van der Waals surface area contributed by atoms with Gasteiger partial charge in [-0.3, -0.25) is 4.79 Å². The van der Waals surface area contributed by atoms with Crippen LogP contribution in [-0.2, 0) is 4.74 Å². The lowest BCUT2D eigenvalue weighted by molar-refractivity contribution is 0.0573. The molecule has 0 aliphatic carbocycles. The second kappa shape index (κ2) is 5.70. The molecule has 0 saturated heterocycles. The highest BCUT2D eigenvalue weighted by Gasteiger charge is 2.23. The van der Waals surface area contributed by atoms with Crippen LogP contribution in [0.4, 0.5) is 8.78 Å². The molecule has 0 amide bonds. The molecule has 0 saturated carbocycles. The molecule has 0 aromatic heterocycles. The highest BCUT2D eigenvalue weighted by atomic mass is 19.2. The summed E-state index contributed by atoms with van der Waals surface area (Å²) < 4.78 is 31.2. The highest BCUT2D eigenvalue weighted by molar-refractivity contribution is 5.99. The monoisotopic (exact) mass is 228 g/mol. The largest absolute Gasteiger partial charge is 0.373 e. The Morgan fingerprint density at radius 2 is 2.12 bits per heavy atom. The number of methoxy groups -OCH3 is 1. The molecule has 0 radical (unpaired) electrons. The number of hydrogen-bond acceptors (Lipinski definition) is 2. The van der Waals surface area contributed by atoms with Gasteiger partial charge in [0.05, 0.1) is 5.56 Å². The van der Waals surface area contributed by atoms with Gasteiger partial charge in [0.25, 0.3) is 0 Å². The first-order valence-electron chi connectivity index (χ1n) is 5.12. The summed E-state index contributed by atoms with van der Waals surface area (Å²) in [6, 6.07) is 3.56. The Kier molecular flexibility index (Phi) is 4.55. The quantitative estimate of drug-likeness (QED) is 0.724. The van der Waals surface area contributed by atoms with Crippen molar-refractivity contribution in [3.05, 3.63) is 35.4 Å². The van der Waals surface area contributed by atoms with E-state index in [1.807, 2.05) is 6.92 Å². The van der Waals surface area contributed by atoms with Crippen LogP contribution in [0.15, 0.2) is 18.2 Å². The Balaban J connectivity index is 2.99. The van der Waals surface area contributed by atoms with Crippen LogP contribution < -0.4 is 0 Å². The molecule has 2 nitrogen and oxygen atoms in total. The third-order valence-electron chi connectivity index (χ3n) is 2.34. The third-order valence-corrected chi connectivity index (χ3v) is 2.34. The predicted molar refractivity (Wildman–Crippen MR) is 56.4 cm³/mol. The molecule has 88 valence electrons. The van der Waals surface area contributed by atoms with Crippen molar-refractivity contribution >= 4 is 5.78 Å². The number of carbonyl (C=O) groups excluding carboxylic acids is 1. The van der Waals surface area contributed by atoms with Gasteiger partial charge in [0.2, 0.25) is 0 Å². The summed E-state index contributed by atoms with van der Waals surface area (Å²) in [6.45, 7) is 1.89. The average Bonchev–Trinajstić information content (AvgIpc) is 2.29. The number of carbonyl (C=O) groups is 1. The SMILES string of the molecule is CCCC(OC)C(=O)c1cccc(F)c1F. The minimum Gasteiger partial charge on any atom is -0.373 e. The fourth-order valence-electron chi connectivity index (χ4n) is 1.49. The zero-order valence-corrected chi connectivity index (χ0v) is 9.30. The normalized spacial score (nSPS) is 12.5. The molecule has 0 heterocycles. The molecule has 1 unspecified atom stereocenters. The molecular formula is C12H14F2O2. The van der Waals surface area contributed by atoms with Crippen molar-refractivity contribution in [1.29, 1.82) is 0 Å². The number of hydrogen-bond donors (Lipinski definition) is 0. The van der Waals surface area contributed by atoms with Gasteiger partial charge in [-0.15, -0.1) is 0 Å².